The summed E-state index contributed by atoms with van der Waals surface area (Å²) in [4.78, 5) is 11.7. The van der Waals surface area contributed by atoms with Crippen molar-refractivity contribution in [1.29, 1.82) is 0 Å². The van der Waals surface area contributed by atoms with Gasteiger partial charge in [0, 0.05) is 31.1 Å². The molecule has 1 aliphatic heterocycles. The first kappa shape index (κ1) is 17.4. The van der Waals surface area contributed by atoms with Gasteiger partial charge in [0.15, 0.2) is 0 Å². The average Bonchev–Trinajstić information content (AvgIpc) is 2.67. The second-order valence-electron chi connectivity index (χ2n) is 6.22. The van der Waals surface area contributed by atoms with E-state index in [0.29, 0.717) is 18.5 Å². The highest BCUT2D eigenvalue weighted by Crippen LogP contribution is 2.12. The minimum absolute atomic E-state index is 0.159. The summed E-state index contributed by atoms with van der Waals surface area (Å²) in [7, 11) is 0. The predicted octanol–water partition coefficient (Wildman–Crippen LogP) is 2.19. The summed E-state index contributed by atoms with van der Waals surface area (Å²) in [5.74, 6) is 0.159. The van der Waals surface area contributed by atoms with E-state index in [-0.39, 0.29) is 11.9 Å². The zero-order valence-electron chi connectivity index (χ0n) is 13.5. The fourth-order valence-electron chi connectivity index (χ4n) is 2.69. The standard InChI is InChI=1S/C16H33N3O/c1-4-13(2)19-16(20)9-11-17-14(3)12-15-8-6-5-7-10-18-15/h13-15,17-18H,4-12H2,1-3H3,(H,19,20). The molecule has 0 aromatic carbocycles. The Kier molecular flexibility index (Phi) is 8.86. The normalized spacial score (nSPS) is 22.9. The predicted molar refractivity (Wildman–Crippen MR) is 84.9 cm³/mol. The van der Waals surface area contributed by atoms with E-state index in [2.05, 4.69) is 29.8 Å². The molecule has 3 N–H and O–H groups in total. The molecule has 0 spiro atoms. The molecule has 1 aliphatic rings. The minimum atomic E-state index is 0.159. The van der Waals surface area contributed by atoms with E-state index < -0.39 is 0 Å². The largest absolute Gasteiger partial charge is 0.354 e. The second kappa shape index (κ2) is 10.2. The topological polar surface area (TPSA) is 53.2 Å². The maximum atomic E-state index is 11.7. The number of amides is 1. The van der Waals surface area contributed by atoms with Crippen LogP contribution in [0.1, 0.15) is 65.7 Å². The highest BCUT2D eigenvalue weighted by atomic mass is 16.1. The number of carbonyl (C=O) groups is 1. The highest BCUT2D eigenvalue weighted by Gasteiger charge is 2.14. The second-order valence-corrected chi connectivity index (χ2v) is 6.22. The Morgan fingerprint density at radius 3 is 2.80 bits per heavy atom. The van der Waals surface area contributed by atoms with Crippen LogP contribution in [0.5, 0.6) is 0 Å². The first-order chi connectivity index (χ1) is 9.61. The lowest BCUT2D eigenvalue weighted by atomic mass is 10.0. The molecule has 1 heterocycles. The van der Waals surface area contributed by atoms with Crippen molar-refractivity contribution in [3.63, 3.8) is 0 Å². The highest BCUT2D eigenvalue weighted by molar-refractivity contribution is 5.76. The van der Waals surface area contributed by atoms with Crippen molar-refractivity contribution in [2.45, 2.75) is 83.8 Å². The molecule has 3 atom stereocenters. The minimum Gasteiger partial charge on any atom is -0.354 e. The van der Waals surface area contributed by atoms with E-state index in [4.69, 9.17) is 0 Å². The molecule has 0 saturated carbocycles. The number of nitrogens with one attached hydrogen (secondary N) is 3. The van der Waals surface area contributed by atoms with E-state index in [1.165, 1.54) is 25.7 Å². The summed E-state index contributed by atoms with van der Waals surface area (Å²) in [6.07, 6.45) is 8.04. The number of hydrogen-bond acceptors (Lipinski definition) is 3. The van der Waals surface area contributed by atoms with Crippen molar-refractivity contribution in [2.75, 3.05) is 13.1 Å². The molecule has 118 valence electrons. The molecule has 4 heteroatoms. The third kappa shape index (κ3) is 7.85. The Balaban J connectivity index is 2.09. The van der Waals surface area contributed by atoms with Crippen LogP contribution in [0.3, 0.4) is 0 Å². The van der Waals surface area contributed by atoms with Gasteiger partial charge >= 0.3 is 0 Å². The zero-order valence-corrected chi connectivity index (χ0v) is 13.5. The van der Waals surface area contributed by atoms with Crippen LogP contribution >= 0.6 is 0 Å². The summed E-state index contributed by atoms with van der Waals surface area (Å²) >= 11 is 0. The van der Waals surface area contributed by atoms with Crippen LogP contribution < -0.4 is 16.0 Å². The number of carbonyl (C=O) groups excluding carboxylic acids is 1. The Hall–Kier alpha value is -0.610. The molecule has 20 heavy (non-hydrogen) atoms. The van der Waals surface area contributed by atoms with E-state index in [0.717, 1.165) is 25.9 Å². The summed E-state index contributed by atoms with van der Waals surface area (Å²) < 4.78 is 0. The molecule has 0 aromatic heterocycles. The molecular formula is C16H33N3O. The maximum absolute atomic E-state index is 11.7. The SMILES string of the molecule is CCC(C)NC(=O)CCNC(C)CC1CCCCCN1. The molecule has 1 fully saturated rings. The molecular weight excluding hydrogens is 250 g/mol. The third-order valence-electron chi connectivity index (χ3n) is 4.17. The number of rotatable bonds is 8. The molecule has 1 saturated heterocycles. The van der Waals surface area contributed by atoms with E-state index in [1.54, 1.807) is 0 Å². The molecule has 0 aliphatic carbocycles. The van der Waals surface area contributed by atoms with Gasteiger partial charge in [-0.3, -0.25) is 4.79 Å². The Morgan fingerprint density at radius 2 is 2.05 bits per heavy atom. The van der Waals surface area contributed by atoms with Gasteiger partial charge in [0.25, 0.3) is 0 Å². The van der Waals surface area contributed by atoms with E-state index >= 15 is 0 Å². The summed E-state index contributed by atoms with van der Waals surface area (Å²) in [6, 6.07) is 1.41. The fourth-order valence-corrected chi connectivity index (χ4v) is 2.69. The van der Waals surface area contributed by atoms with Gasteiger partial charge in [-0.15, -0.1) is 0 Å². The van der Waals surface area contributed by atoms with Crippen molar-refractivity contribution in [3.8, 4) is 0 Å². The Bertz CT molecular complexity index is 262. The van der Waals surface area contributed by atoms with Gasteiger partial charge < -0.3 is 16.0 Å². The van der Waals surface area contributed by atoms with Crippen LogP contribution in [0, 0.1) is 0 Å². The summed E-state index contributed by atoms with van der Waals surface area (Å²) in [5, 5.41) is 10.1. The number of hydrogen-bond donors (Lipinski definition) is 3. The van der Waals surface area contributed by atoms with Crippen LogP contribution in [-0.4, -0.2) is 37.1 Å². The van der Waals surface area contributed by atoms with Crippen molar-refractivity contribution in [2.24, 2.45) is 0 Å². The Labute approximate surface area is 124 Å². The molecule has 3 unspecified atom stereocenters. The van der Waals surface area contributed by atoms with Crippen molar-refractivity contribution in [3.05, 3.63) is 0 Å². The molecule has 1 rings (SSSR count). The monoisotopic (exact) mass is 283 g/mol. The van der Waals surface area contributed by atoms with Gasteiger partial charge in [-0.25, -0.2) is 0 Å². The molecule has 4 nitrogen and oxygen atoms in total. The van der Waals surface area contributed by atoms with Crippen molar-refractivity contribution >= 4 is 5.91 Å². The quantitative estimate of drug-likeness (QED) is 0.640. The first-order valence-corrected chi connectivity index (χ1v) is 8.38. The van der Waals surface area contributed by atoms with Crippen LogP contribution in [0.2, 0.25) is 0 Å². The summed E-state index contributed by atoms with van der Waals surface area (Å²) in [5.41, 5.74) is 0. The van der Waals surface area contributed by atoms with Gasteiger partial charge in [-0.1, -0.05) is 19.8 Å². The first-order valence-electron chi connectivity index (χ1n) is 8.38. The summed E-state index contributed by atoms with van der Waals surface area (Å²) in [6.45, 7) is 8.29. The fraction of sp³-hybridized carbons (Fsp3) is 0.938. The van der Waals surface area contributed by atoms with E-state index in [1.807, 2.05) is 6.92 Å². The lowest BCUT2D eigenvalue weighted by Crippen LogP contribution is -2.39. The van der Waals surface area contributed by atoms with Gasteiger partial charge in [0.05, 0.1) is 0 Å². The Morgan fingerprint density at radius 1 is 1.25 bits per heavy atom. The average molecular weight is 283 g/mol. The lowest BCUT2D eigenvalue weighted by Gasteiger charge is -2.21. The van der Waals surface area contributed by atoms with Crippen LogP contribution in [-0.2, 0) is 4.79 Å². The molecule has 0 radical (unpaired) electrons. The van der Waals surface area contributed by atoms with Gasteiger partial charge in [-0.2, -0.15) is 0 Å². The maximum Gasteiger partial charge on any atom is 0.221 e. The van der Waals surface area contributed by atoms with Gasteiger partial charge in [-0.05, 0) is 46.1 Å². The third-order valence-corrected chi connectivity index (χ3v) is 4.17. The molecule has 1 amide bonds. The van der Waals surface area contributed by atoms with Crippen molar-refractivity contribution in [1.82, 2.24) is 16.0 Å². The van der Waals surface area contributed by atoms with Gasteiger partial charge in [0.1, 0.15) is 0 Å². The van der Waals surface area contributed by atoms with Crippen LogP contribution in [0.25, 0.3) is 0 Å². The lowest BCUT2D eigenvalue weighted by molar-refractivity contribution is -0.121. The smallest absolute Gasteiger partial charge is 0.221 e. The van der Waals surface area contributed by atoms with Gasteiger partial charge in [0.2, 0.25) is 5.91 Å². The molecule has 0 bridgehead atoms. The zero-order chi connectivity index (χ0) is 14.8. The molecule has 0 aromatic rings. The van der Waals surface area contributed by atoms with Crippen molar-refractivity contribution < 1.29 is 4.79 Å². The van der Waals surface area contributed by atoms with Crippen LogP contribution in [0.4, 0.5) is 0 Å². The van der Waals surface area contributed by atoms with Crippen LogP contribution in [0.15, 0.2) is 0 Å². The van der Waals surface area contributed by atoms with E-state index in [9.17, 15) is 4.79 Å².